The summed E-state index contributed by atoms with van der Waals surface area (Å²) in [5, 5.41) is 10.5. The second-order valence-electron chi connectivity index (χ2n) is 4.80. The van der Waals surface area contributed by atoms with Gasteiger partial charge in [0.2, 0.25) is 0 Å². The molecular weight excluding hydrogens is 298 g/mol. The number of rotatable bonds is 3. The predicted octanol–water partition coefficient (Wildman–Crippen LogP) is 4.76. The summed E-state index contributed by atoms with van der Waals surface area (Å²) in [6, 6.07) is 16.2. The van der Waals surface area contributed by atoms with Gasteiger partial charge in [0, 0.05) is 10.4 Å². The van der Waals surface area contributed by atoms with Crippen LogP contribution in [0.3, 0.4) is 0 Å². The topological polar surface area (TPSA) is 50.2 Å². The molecule has 0 unspecified atom stereocenters. The first-order chi connectivity index (χ1) is 10.6. The van der Waals surface area contributed by atoms with Gasteiger partial charge in [0.1, 0.15) is 0 Å². The number of fused-ring (bicyclic) bond motifs is 1. The second-order valence-corrected chi connectivity index (χ2v) is 5.24. The third-order valence-electron chi connectivity index (χ3n) is 3.28. The Hall–Kier alpha value is -2.65. The minimum atomic E-state index is -0.949. The van der Waals surface area contributed by atoms with Crippen molar-refractivity contribution in [3.63, 3.8) is 0 Å². The average molecular weight is 310 g/mol. The van der Waals surface area contributed by atoms with Gasteiger partial charge in [-0.05, 0) is 48.0 Å². The Kier molecular flexibility index (Phi) is 3.90. The van der Waals surface area contributed by atoms with Crippen molar-refractivity contribution >= 4 is 40.6 Å². The number of hydrogen-bond donors (Lipinski definition) is 1. The Morgan fingerprint density at radius 3 is 2.64 bits per heavy atom. The fourth-order valence-corrected chi connectivity index (χ4v) is 2.44. The van der Waals surface area contributed by atoms with E-state index in [1.165, 1.54) is 0 Å². The van der Waals surface area contributed by atoms with E-state index in [9.17, 15) is 9.90 Å². The smallest absolute Gasteiger partial charge is 0.336 e. The Labute approximate surface area is 132 Å². The molecule has 1 N–H and O–H groups in total. The number of carbonyl (C=O) groups is 1. The maximum Gasteiger partial charge on any atom is 0.336 e. The molecule has 0 radical (unpaired) electrons. The van der Waals surface area contributed by atoms with E-state index in [-0.39, 0.29) is 5.56 Å². The Morgan fingerprint density at radius 1 is 1.05 bits per heavy atom. The van der Waals surface area contributed by atoms with Gasteiger partial charge in [-0.1, -0.05) is 35.9 Å². The molecule has 3 nitrogen and oxygen atoms in total. The SMILES string of the molecule is O=C(O)c1cccc2nc(C=Cc3cccc(Cl)c3)ccc12. The lowest BCUT2D eigenvalue weighted by atomic mass is 10.1. The first kappa shape index (κ1) is 14.3. The third-order valence-corrected chi connectivity index (χ3v) is 3.51. The van der Waals surface area contributed by atoms with Crippen molar-refractivity contribution < 1.29 is 9.90 Å². The van der Waals surface area contributed by atoms with Crippen molar-refractivity contribution in [3.8, 4) is 0 Å². The van der Waals surface area contributed by atoms with Crippen LogP contribution in [0.5, 0.6) is 0 Å². The third kappa shape index (κ3) is 3.00. The fraction of sp³-hybridized carbons (Fsp3) is 0. The standard InChI is InChI=1S/C18H12ClNO2/c19-13-4-1-3-12(11-13)7-8-14-9-10-15-16(18(21)22)5-2-6-17(15)20-14/h1-11H,(H,21,22). The number of nitrogens with zero attached hydrogens (tertiary/aromatic N) is 1. The summed E-state index contributed by atoms with van der Waals surface area (Å²) in [6.45, 7) is 0. The molecule has 0 fully saturated rings. The number of hydrogen-bond acceptors (Lipinski definition) is 2. The van der Waals surface area contributed by atoms with Gasteiger partial charge in [-0.15, -0.1) is 0 Å². The molecule has 0 spiro atoms. The van der Waals surface area contributed by atoms with Crippen LogP contribution in [-0.4, -0.2) is 16.1 Å². The van der Waals surface area contributed by atoms with E-state index >= 15 is 0 Å². The van der Waals surface area contributed by atoms with Gasteiger partial charge < -0.3 is 5.11 Å². The van der Waals surface area contributed by atoms with Crippen molar-refractivity contribution in [2.75, 3.05) is 0 Å². The Balaban J connectivity index is 1.97. The highest BCUT2D eigenvalue weighted by Crippen LogP contribution is 2.19. The van der Waals surface area contributed by atoms with E-state index in [2.05, 4.69) is 4.98 Å². The van der Waals surface area contributed by atoms with Crippen molar-refractivity contribution in [3.05, 3.63) is 76.4 Å². The summed E-state index contributed by atoms with van der Waals surface area (Å²) in [5.74, 6) is -0.949. The molecule has 0 saturated carbocycles. The number of carboxylic acid groups (broad SMARTS) is 1. The van der Waals surface area contributed by atoms with Crippen molar-refractivity contribution in [2.24, 2.45) is 0 Å². The Bertz CT molecular complexity index is 887. The van der Waals surface area contributed by atoms with Crippen LogP contribution in [-0.2, 0) is 0 Å². The second kappa shape index (κ2) is 6.00. The zero-order chi connectivity index (χ0) is 15.5. The average Bonchev–Trinajstić information content (AvgIpc) is 2.52. The summed E-state index contributed by atoms with van der Waals surface area (Å²) < 4.78 is 0. The quantitative estimate of drug-likeness (QED) is 0.759. The molecule has 0 amide bonds. The number of halogens is 1. The molecule has 1 aromatic heterocycles. The summed E-state index contributed by atoms with van der Waals surface area (Å²) in [5.41, 5.74) is 2.66. The predicted molar refractivity (Wildman–Crippen MR) is 89.1 cm³/mol. The molecule has 2 aromatic carbocycles. The van der Waals surface area contributed by atoms with Crippen LogP contribution in [0.4, 0.5) is 0 Å². The number of aromatic carboxylic acids is 1. The van der Waals surface area contributed by atoms with Crippen molar-refractivity contribution in [1.29, 1.82) is 0 Å². The number of aromatic nitrogens is 1. The highest BCUT2D eigenvalue weighted by Gasteiger charge is 2.08. The molecule has 0 aliphatic rings. The fourth-order valence-electron chi connectivity index (χ4n) is 2.24. The van der Waals surface area contributed by atoms with Crippen LogP contribution in [0.1, 0.15) is 21.6 Å². The van der Waals surface area contributed by atoms with Crippen LogP contribution in [0.25, 0.3) is 23.1 Å². The van der Waals surface area contributed by atoms with E-state index in [1.54, 1.807) is 30.3 Å². The van der Waals surface area contributed by atoms with Crippen LogP contribution >= 0.6 is 11.6 Å². The molecule has 0 saturated heterocycles. The Morgan fingerprint density at radius 2 is 1.86 bits per heavy atom. The van der Waals surface area contributed by atoms with Crippen molar-refractivity contribution in [2.45, 2.75) is 0 Å². The monoisotopic (exact) mass is 309 g/mol. The molecule has 3 aromatic rings. The molecule has 3 rings (SSSR count). The van der Waals surface area contributed by atoms with E-state index in [1.807, 2.05) is 36.4 Å². The first-order valence-electron chi connectivity index (χ1n) is 6.70. The normalized spacial score (nSPS) is 11.1. The molecule has 0 aliphatic heterocycles. The van der Waals surface area contributed by atoms with Gasteiger partial charge in [-0.3, -0.25) is 0 Å². The molecule has 108 valence electrons. The van der Waals surface area contributed by atoms with Gasteiger partial charge in [0.15, 0.2) is 0 Å². The lowest BCUT2D eigenvalue weighted by Gasteiger charge is -2.03. The molecule has 22 heavy (non-hydrogen) atoms. The van der Waals surface area contributed by atoms with Crippen LogP contribution in [0.2, 0.25) is 5.02 Å². The van der Waals surface area contributed by atoms with E-state index in [0.717, 1.165) is 11.3 Å². The van der Waals surface area contributed by atoms with Gasteiger partial charge in [-0.2, -0.15) is 0 Å². The maximum atomic E-state index is 11.2. The number of carboxylic acids is 1. The van der Waals surface area contributed by atoms with Crippen LogP contribution in [0, 0.1) is 0 Å². The highest BCUT2D eigenvalue weighted by molar-refractivity contribution is 6.30. The first-order valence-corrected chi connectivity index (χ1v) is 7.08. The van der Waals surface area contributed by atoms with E-state index in [0.29, 0.717) is 15.9 Å². The molecule has 0 aliphatic carbocycles. The molecular formula is C18H12ClNO2. The summed E-state index contributed by atoms with van der Waals surface area (Å²) in [7, 11) is 0. The highest BCUT2D eigenvalue weighted by atomic mass is 35.5. The molecule has 1 heterocycles. The molecule has 0 bridgehead atoms. The van der Waals surface area contributed by atoms with Crippen LogP contribution in [0.15, 0.2) is 54.6 Å². The number of pyridine rings is 1. The molecule has 4 heteroatoms. The van der Waals surface area contributed by atoms with Crippen LogP contribution < -0.4 is 0 Å². The molecule has 0 atom stereocenters. The van der Waals surface area contributed by atoms with Gasteiger partial charge >= 0.3 is 5.97 Å². The van der Waals surface area contributed by atoms with Gasteiger partial charge in [-0.25, -0.2) is 9.78 Å². The zero-order valence-electron chi connectivity index (χ0n) is 11.5. The van der Waals surface area contributed by atoms with E-state index in [4.69, 9.17) is 11.6 Å². The lowest BCUT2D eigenvalue weighted by molar-refractivity contribution is 0.0699. The summed E-state index contributed by atoms with van der Waals surface area (Å²) >= 11 is 5.95. The largest absolute Gasteiger partial charge is 0.478 e. The van der Waals surface area contributed by atoms with Crippen molar-refractivity contribution in [1.82, 2.24) is 4.98 Å². The minimum absolute atomic E-state index is 0.260. The maximum absolute atomic E-state index is 11.2. The minimum Gasteiger partial charge on any atom is -0.478 e. The zero-order valence-corrected chi connectivity index (χ0v) is 12.3. The summed E-state index contributed by atoms with van der Waals surface area (Å²) in [4.78, 5) is 15.7. The number of benzene rings is 2. The lowest BCUT2D eigenvalue weighted by Crippen LogP contribution is -1.98. The van der Waals surface area contributed by atoms with Gasteiger partial charge in [0.05, 0.1) is 16.8 Å². The summed E-state index contributed by atoms with van der Waals surface area (Å²) in [6.07, 6.45) is 3.79. The van der Waals surface area contributed by atoms with Gasteiger partial charge in [0.25, 0.3) is 0 Å². The van der Waals surface area contributed by atoms with E-state index < -0.39 is 5.97 Å².